The molecule has 1 aromatic carbocycles. The van der Waals surface area contributed by atoms with E-state index in [0.717, 1.165) is 29.8 Å². The topological polar surface area (TPSA) is 35.0 Å². The molecule has 1 aromatic heterocycles. The average Bonchev–Trinajstić information content (AvgIpc) is 2.38. The van der Waals surface area contributed by atoms with Gasteiger partial charge in [0, 0.05) is 11.3 Å². The fourth-order valence-electron chi connectivity index (χ4n) is 1.96. The molecule has 1 heterocycles. The summed E-state index contributed by atoms with van der Waals surface area (Å²) in [5.74, 6) is 1.47. The molecule has 0 N–H and O–H groups in total. The highest BCUT2D eigenvalue weighted by Gasteiger charge is 2.07. The number of rotatable bonds is 5. The summed E-state index contributed by atoms with van der Waals surface area (Å²) in [4.78, 5) is 8.87. The Morgan fingerprint density at radius 1 is 1.20 bits per heavy atom. The molecular formula is C16H19ClN2O. The van der Waals surface area contributed by atoms with Crippen LogP contribution in [0.2, 0.25) is 5.15 Å². The van der Waals surface area contributed by atoms with E-state index >= 15 is 0 Å². The van der Waals surface area contributed by atoms with E-state index in [1.807, 2.05) is 44.2 Å². The number of ether oxygens (including phenoxy) is 1. The lowest BCUT2D eigenvalue weighted by Gasteiger charge is -2.11. The van der Waals surface area contributed by atoms with Crippen molar-refractivity contribution in [1.29, 1.82) is 0 Å². The number of hydrogen-bond donors (Lipinski definition) is 0. The standard InChI is InChI=1S/C16H19ClN2O/c1-4-6-13-10-15(17)19-16(18-13)12-7-5-8-14(9-12)20-11(2)3/h5,7-11H,4,6H2,1-3H3. The van der Waals surface area contributed by atoms with Crippen molar-refractivity contribution in [2.24, 2.45) is 0 Å². The van der Waals surface area contributed by atoms with Gasteiger partial charge >= 0.3 is 0 Å². The molecule has 0 spiro atoms. The van der Waals surface area contributed by atoms with Crippen molar-refractivity contribution in [3.63, 3.8) is 0 Å². The first-order valence-electron chi connectivity index (χ1n) is 6.89. The summed E-state index contributed by atoms with van der Waals surface area (Å²) in [6, 6.07) is 9.61. The molecule has 0 atom stereocenters. The average molecular weight is 291 g/mol. The van der Waals surface area contributed by atoms with Crippen LogP contribution in [-0.2, 0) is 6.42 Å². The Kier molecular flexibility index (Phi) is 4.96. The van der Waals surface area contributed by atoms with E-state index in [2.05, 4.69) is 16.9 Å². The Bertz CT molecular complexity index is 584. The molecule has 2 rings (SSSR count). The van der Waals surface area contributed by atoms with Crippen LogP contribution in [0.25, 0.3) is 11.4 Å². The van der Waals surface area contributed by atoms with Gasteiger partial charge in [-0.05, 0) is 38.5 Å². The van der Waals surface area contributed by atoms with Crippen molar-refractivity contribution in [2.75, 3.05) is 0 Å². The van der Waals surface area contributed by atoms with Gasteiger partial charge in [0.05, 0.1) is 6.10 Å². The van der Waals surface area contributed by atoms with Crippen molar-refractivity contribution >= 4 is 11.6 Å². The molecule has 0 amide bonds. The van der Waals surface area contributed by atoms with Gasteiger partial charge < -0.3 is 4.74 Å². The minimum atomic E-state index is 0.140. The first kappa shape index (κ1) is 14.8. The lowest BCUT2D eigenvalue weighted by Crippen LogP contribution is -2.05. The third-order valence-electron chi connectivity index (χ3n) is 2.72. The van der Waals surface area contributed by atoms with Gasteiger partial charge in [-0.25, -0.2) is 9.97 Å². The lowest BCUT2D eigenvalue weighted by molar-refractivity contribution is 0.242. The molecule has 0 radical (unpaired) electrons. The van der Waals surface area contributed by atoms with Crippen molar-refractivity contribution in [3.05, 3.63) is 41.2 Å². The summed E-state index contributed by atoms with van der Waals surface area (Å²) in [6.07, 6.45) is 2.07. The van der Waals surface area contributed by atoms with Gasteiger partial charge in [0.15, 0.2) is 5.82 Å². The molecule has 4 heteroatoms. The molecule has 0 saturated heterocycles. The normalized spacial score (nSPS) is 10.8. The van der Waals surface area contributed by atoms with Crippen LogP contribution < -0.4 is 4.74 Å². The zero-order chi connectivity index (χ0) is 14.5. The summed E-state index contributed by atoms with van der Waals surface area (Å²) < 4.78 is 5.70. The molecule has 0 aliphatic rings. The van der Waals surface area contributed by atoms with E-state index in [1.165, 1.54) is 0 Å². The molecule has 0 saturated carbocycles. The highest BCUT2D eigenvalue weighted by Crippen LogP contribution is 2.23. The largest absolute Gasteiger partial charge is 0.491 e. The second-order valence-electron chi connectivity index (χ2n) is 4.95. The first-order valence-corrected chi connectivity index (χ1v) is 7.27. The van der Waals surface area contributed by atoms with Gasteiger partial charge in [-0.15, -0.1) is 0 Å². The molecule has 0 fully saturated rings. The Morgan fingerprint density at radius 3 is 2.70 bits per heavy atom. The van der Waals surface area contributed by atoms with Crippen molar-refractivity contribution in [2.45, 2.75) is 39.7 Å². The molecule has 3 nitrogen and oxygen atoms in total. The third-order valence-corrected chi connectivity index (χ3v) is 2.91. The van der Waals surface area contributed by atoms with Crippen LogP contribution in [-0.4, -0.2) is 16.1 Å². The van der Waals surface area contributed by atoms with Crippen molar-refractivity contribution in [1.82, 2.24) is 9.97 Å². The van der Waals surface area contributed by atoms with Gasteiger partial charge in [-0.3, -0.25) is 0 Å². The zero-order valence-corrected chi connectivity index (χ0v) is 12.8. The lowest BCUT2D eigenvalue weighted by atomic mass is 10.2. The molecule has 2 aromatic rings. The van der Waals surface area contributed by atoms with Crippen LogP contribution in [0, 0.1) is 0 Å². The maximum atomic E-state index is 6.08. The predicted molar refractivity (Wildman–Crippen MR) is 82.2 cm³/mol. The summed E-state index contributed by atoms with van der Waals surface area (Å²) in [6.45, 7) is 6.12. The van der Waals surface area contributed by atoms with E-state index < -0.39 is 0 Å². The van der Waals surface area contributed by atoms with E-state index in [4.69, 9.17) is 16.3 Å². The van der Waals surface area contributed by atoms with E-state index in [0.29, 0.717) is 11.0 Å². The van der Waals surface area contributed by atoms with E-state index in [9.17, 15) is 0 Å². The van der Waals surface area contributed by atoms with Gasteiger partial charge in [-0.1, -0.05) is 37.1 Å². The zero-order valence-electron chi connectivity index (χ0n) is 12.1. The fraction of sp³-hybridized carbons (Fsp3) is 0.375. The maximum Gasteiger partial charge on any atom is 0.161 e. The van der Waals surface area contributed by atoms with Crippen LogP contribution in [0.15, 0.2) is 30.3 Å². The number of hydrogen-bond acceptors (Lipinski definition) is 3. The molecular weight excluding hydrogens is 272 g/mol. The fourth-order valence-corrected chi connectivity index (χ4v) is 2.16. The number of nitrogens with zero attached hydrogens (tertiary/aromatic N) is 2. The first-order chi connectivity index (χ1) is 9.58. The monoisotopic (exact) mass is 290 g/mol. The molecule has 106 valence electrons. The number of benzene rings is 1. The summed E-state index contributed by atoms with van der Waals surface area (Å²) in [5, 5.41) is 0.480. The smallest absolute Gasteiger partial charge is 0.161 e. The van der Waals surface area contributed by atoms with E-state index in [-0.39, 0.29) is 6.10 Å². The Hall–Kier alpha value is -1.61. The molecule has 0 bridgehead atoms. The number of halogens is 1. The van der Waals surface area contributed by atoms with E-state index in [1.54, 1.807) is 0 Å². The molecule has 0 aliphatic heterocycles. The Labute approximate surface area is 125 Å². The van der Waals surface area contributed by atoms with Gasteiger partial charge in [0.2, 0.25) is 0 Å². The van der Waals surface area contributed by atoms with Gasteiger partial charge in [0.25, 0.3) is 0 Å². The van der Waals surface area contributed by atoms with Crippen LogP contribution in [0.1, 0.15) is 32.9 Å². The minimum absolute atomic E-state index is 0.140. The number of aryl methyl sites for hydroxylation is 1. The highest BCUT2D eigenvalue weighted by atomic mass is 35.5. The van der Waals surface area contributed by atoms with Crippen LogP contribution in [0.4, 0.5) is 0 Å². The van der Waals surface area contributed by atoms with Crippen LogP contribution in [0.3, 0.4) is 0 Å². The number of aromatic nitrogens is 2. The van der Waals surface area contributed by atoms with Gasteiger partial charge in [0.1, 0.15) is 10.9 Å². The molecule has 0 aliphatic carbocycles. The predicted octanol–water partition coefficient (Wildman–Crippen LogP) is 4.54. The SMILES string of the molecule is CCCc1cc(Cl)nc(-c2cccc(OC(C)C)c2)n1. The highest BCUT2D eigenvalue weighted by molar-refractivity contribution is 6.29. The third kappa shape index (κ3) is 3.94. The summed E-state index contributed by atoms with van der Waals surface area (Å²) in [7, 11) is 0. The maximum absolute atomic E-state index is 6.08. The second kappa shape index (κ2) is 6.71. The van der Waals surface area contributed by atoms with Crippen LogP contribution >= 0.6 is 11.6 Å². The minimum Gasteiger partial charge on any atom is -0.491 e. The van der Waals surface area contributed by atoms with Crippen molar-refractivity contribution < 1.29 is 4.74 Å². The Balaban J connectivity index is 2.35. The molecule has 0 unspecified atom stereocenters. The van der Waals surface area contributed by atoms with Gasteiger partial charge in [-0.2, -0.15) is 0 Å². The second-order valence-corrected chi connectivity index (χ2v) is 5.34. The Morgan fingerprint density at radius 2 is 2.00 bits per heavy atom. The summed E-state index contributed by atoms with van der Waals surface area (Å²) >= 11 is 6.08. The summed E-state index contributed by atoms with van der Waals surface area (Å²) in [5.41, 5.74) is 1.89. The van der Waals surface area contributed by atoms with Crippen molar-refractivity contribution in [3.8, 4) is 17.1 Å². The molecule has 20 heavy (non-hydrogen) atoms. The van der Waals surface area contributed by atoms with Crippen LogP contribution in [0.5, 0.6) is 5.75 Å². The quantitative estimate of drug-likeness (QED) is 0.759.